The topological polar surface area (TPSA) is 90.0 Å². The molecule has 0 fully saturated rings. The van der Waals surface area contributed by atoms with Crippen molar-refractivity contribution in [3.63, 3.8) is 0 Å². The molecule has 1 atom stereocenters. The lowest BCUT2D eigenvalue weighted by Gasteiger charge is -2.33. The molecule has 0 heterocycles. The van der Waals surface area contributed by atoms with Crippen LogP contribution in [-0.4, -0.2) is 62.2 Å². The van der Waals surface area contributed by atoms with Crippen LogP contribution in [0.4, 0.5) is 10.1 Å². The maximum absolute atomic E-state index is 13.5. The molecule has 0 radical (unpaired) electrons. The fraction of sp³-hybridized carbons (Fsp3) is 0.391. The highest BCUT2D eigenvalue weighted by molar-refractivity contribution is 9.10. The Hall–Kier alpha value is -2.50. The summed E-state index contributed by atoms with van der Waals surface area (Å²) in [5.74, 6) is -1.48. The van der Waals surface area contributed by atoms with E-state index in [4.69, 9.17) is 0 Å². The van der Waals surface area contributed by atoms with Gasteiger partial charge in [-0.1, -0.05) is 28.1 Å². The molecule has 2 rings (SSSR count). The van der Waals surface area contributed by atoms with Crippen molar-refractivity contribution < 1.29 is 22.4 Å². The molecule has 0 spiro atoms. The Balaban J connectivity index is 2.45. The lowest BCUT2D eigenvalue weighted by atomic mass is 10.1. The summed E-state index contributed by atoms with van der Waals surface area (Å²) in [5, 5.41) is 2.79. The molecule has 34 heavy (non-hydrogen) atoms. The van der Waals surface area contributed by atoms with Crippen molar-refractivity contribution >= 4 is 43.6 Å². The normalized spacial score (nSPS) is 12.5. The van der Waals surface area contributed by atoms with Gasteiger partial charge in [0, 0.05) is 31.2 Å². The third-order valence-electron chi connectivity index (χ3n) is 4.97. The zero-order valence-electron chi connectivity index (χ0n) is 19.8. The fourth-order valence-corrected chi connectivity index (χ4v) is 4.65. The van der Waals surface area contributed by atoms with E-state index < -0.39 is 34.5 Å². The highest BCUT2D eigenvalue weighted by Crippen LogP contribution is 2.22. The van der Waals surface area contributed by atoms with Gasteiger partial charge in [0.15, 0.2) is 0 Å². The van der Waals surface area contributed by atoms with Crippen molar-refractivity contribution in [2.75, 3.05) is 24.9 Å². The number of amides is 2. The van der Waals surface area contributed by atoms with Crippen molar-refractivity contribution in [1.82, 2.24) is 14.5 Å². The minimum Gasteiger partial charge on any atom is -0.352 e. The number of hydrogen-bond donors (Lipinski definition) is 1. The van der Waals surface area contributed by atoms with Gasteiger partial charge < -0.3 is 10.2 Å². The van der Waals surface area contributed by atoms with E-state index in [1.54, 1.807) is 6.92 Å². The second kappa shape index (κ2) is 11.8. The quantitative estimate of drug-likeness (QED) is 0.486. The van der Waals surface area contributed by atoms with Crippen molar-refractivity contribution in [2.45, 2.75) is 39.4 Å². The smallest absolute Gasteiger partial charge is 0.304 e. The summed E-state index contributed by atoms with van der Waals surface area (Å²) in [6, 6.07) is 11.1. The first kappa shape index (κ1) is 27.7. The number of nitrogens with one attached hydrogen (secondary N) is 1. The number of carbonyl (C=O) groups excluding carboxylic acids is 2. The summed E-state index contributed by atoms with van der Waals surface area (Å²) < 4.78 is 42.2. The average Bonchev–Trinajstić information content (AvgIpc) is 2.75. The van der Waals surface area contributed by atoms with Crippen LogP contribution in [0, 0.1) is 5.82 Å². The van der Waals surface area contributed by atoms with Crippen LogP contribution in [0.2, 0.25) is 0 Å². The first-order chi connectivity index (χ1) is 15.8. The molecule has 1 N–H and O–H groups in total. The molecule has 0 saturated carbocycles. The van der Waals surface area contributed by atoms with Crippen LogP contribution in [0.1, 0.15) is 26.3 Å². The van der Waals surface area contributed by atoms with E-state index in [0.29, 0.717) is 0 Å². The van der Waals surface area contributed by atoms with Gasteiger partial charge in [-0.3, -0.25) is 9.59 Å². The lowest BCUT2D eigenvalue weighted by Crippen LogP contribution is -2.53. The number of rotatable bonds is 10. The predicted molar refractivity (Wildman–Crippen MR) is 134 cm³/mol. The first-order valence-electron chi connectivity index (χ1n) is 10.6. The van der Waals surface area contributed by atoms with Gasteiger partial charge in [-0.15, -0.1) is 0 Å². The van der Waals surface area contributed by atoms with Crippen molar-refractivity contribution in [1.29, 1.82) is 0 Å². The summed E-state index contributed by atoms with van der Waals surface area (Å²) in [7, 11) is -1.41. The number of halogens is 2. The number of carbonyl (C=O) groups is 2. The maximum atomic E-state index is 13.5. The van der Waals surface area contributed by atoms with Crippen LogP contribution in [0.5, 0.6) is 0 Å². The maximum Gasteiger partial charge on any atom is 0.304 e. The molecule has 0 saturated heterocycles. The standard InChI is InChI=1S/C23H30BrFN4O4S/c1-16(2)26-23(31)17(3)28(14-18-7-6-8-19(24)13-18)22(30)15-29(34(32,33)27(4)5)21-11-9-20(25)10-12-21/h6-13,16-17H,14-15H2,1-5H3,(H,26,31). The zero-order chi connectivity index (χ0) is 25.6. The first-order valence-corrected chi connectivity index (χ1v) is 12.8. The van der Waals surface area contributed by atoms with Gasteiger partial charge in [0.2, 0.25) is 11.8 Å². The number of anilines is 1. The third-order valence-corrected chi connectivity index (χ3v) is 7.29. The van der Waals surface area contributed by atoms with Crippen LogP contribution < -0.4 is 9.62 Å². The lowest BCUT2D eigenvalue weighted by molar-refractivity contribution is -0.139. The molecule has 0 bridgehead atoms. The van der Waals surface area contributed by atoms with Gasteiger partial charge in [-0.25, -0.2) is 8.70 Å². The molecule has 1 unspecified atom stereocenters. The van der Waals surface area contributed by atoms with E-state index in [2.05, 4.69) is 21.2 Å². The van der Waals surface area contributed by atoms with Gasteiger partial charge in [-0.2, -0.15) is 12.7 Å². The largest absolute Gasteiger partial charge is 0.352 e. The Kier molecular flexibility index (Phi) is 9.60. The van der Waals surface area contributed by atoms with Crippen molar-refractivity contribution in [2.24, 2.45) is 0 Å². The van der Waals surface area contributed by atoms with E-state index in [1.807, 2.05) is 38.1 Å². The predicted octanol–water partition coefficient (Wildman–Crippen LogP) is 3.14. The van der Waals surface area contributed by atoms with Crippen LogP contribution >= 0.6 is 15.9 Å². The molecule has 2 amide bonds. The minimum absolute atomic E-state index is 0.0875. The van der Waals surface area contributed by atoms with Gasteiger partial charge in [-0.05, 0) is 62.7 Å². The second-order valence-electron chi connectivity index (χ2n) is 8.26. The molecule has 186 valence electrons. The molecule has 2 aromatic rings. The summed E-state index contributed by atoms with van der Waals surface area (Å²) in [6.45, 7) is 4.73. The second-order valence-corrected chi connectivity index (χ2v) is 11.2. The summed E-state index contributed by atoms with van der Waals surface area (Å²) >= 11 is 3.40. The van der Waals surface area contributed by atoms with E-state index >= 15 is 0 Å². The third kappa shape index (κ3) is 7.25. The Morgan fingerprint density at radius 2 is 1.68 bits per heavy atom. The highest BCUT2D eigenvalue weighted by Gasteiger charge is 2.32. The Labute approximate surface area is 209 Å². The van der Waals surface area contributed by atoms with Crippen LogP contribution in [0.15, 0.2) is 53.0 Å². The molecule has 0 aliphatic rings. The molecule has 8 nitrogen and oxygen atoms in total. The molecule has 11 heteroatoms. The van der Waals surface area contributed by atoms with Gasteiger partial charge in [0.1, 0.15) is 18.4 Å². The van der Waals surface area contributed by atoms with Crippen LogP contribution in [-0.2, 0) is 26.3 Å². The number of benzene rings is 2. The summed E-state index contributed by atoms with van der Waals surface area (Å²) in [6.07, 6.45) is 0. The van der Waals surface area contributed by atoms with E-state index in [1.165, 1.54) is 31.1 Å². The molecule has 0 aliphatic heterocycles. The monoisotopic (exact) mass is 556 g/mol. The minimum atomic E-state index is -4.09. The van der Waals surface area contributed by atoms with E-state index in [-0.39, 0.29) is 24.2 Å². The zero-order valence-corrected chi connectivity index (χ0v) is 22.2. The summed E-state index contributed by atoms with van der Waals surface area (Å²) in [5.41, 5.74) is 0.890. The molecule has 0 aliphatic carbocycles. The van der Waals surface area contributed by atoms with Crippen LogP contribution in [0.25, 0.3) is 0 Å². The Morgan fingerprint density at radius 1 is 1.06 bits per heavy atom. The fourth-order valence-electron chi connectivity index (χ4n) is 3.14. The molecule has 2 aromatic carbocycles. The van der Waals surface area contributed by atoms with Gasteiger partial charge in [0.05, 0.1) is 5.69 Å². The SMILES string of the molecule is CC(C)NC(=O)C(C)N(Cc1cccc(Br)c1)C(=O)CN(c1ccc(F)cc1)S(=O)(=O)N(C)C. The van der Waals surface area contributed by atoms with Crippen molar-refractivity contribution in [3.8, 4) is 0 Å². The molecule has 0 aromatic heterocycles. The number of hydrogen-bond acceptors (Lipinski definition) is 4. The molecular weight excluding hydrogens is 527 g/mol. The Bertz CT molecular complexity index is 1110. The average molecular weight is 557 g/mol. The highest BCUT2D eigenvalue weighted by atomic mass is 79.9. The van der Waals surface area contributed by atoms with Gasteiger partial charge in [0.25, 0.3) is 0 Å². The Morgan fingerprint density at radius 3 is 2.21 bits per heavy atom. The number of nitrogens with zero attached hydrogens (tertiary/aromatic N) is 3. The van der Waals surface area contributed by atoms with E-state index in [0.717, 1.165) is 30.8 Å². The summed E-state index contributed by atoms with van der Waals surface area (Å²) in [4.78, 5) is 27.6. The van der Waals surface area contributed by atoms with E-state index in [9.17, 15) is 22.4 Å². The van der Waals surface area contributed by atoms with Crippen LogP contribution in [0.3, 0.4) is 0 Å². The molecular formula is C23H30BrFN4O4S. The van der Waals surface area contributed by atoms with Crippen molar-refractivity contribution in [3.05, 3.63) is 64.4 Å². The van der Waals surface area contributed by atoms with Gasteiger partial charge >= 0.3 is 10.2 Å².